The molecule has 0 saturated carbocycles. The Morgan fingerprint density at radius 3 is 2.68 bits per heavy atom. The van der Waals surface area contributed by atoms with Gasteiger partial charge in [0.25, 0.3) is 5.56 Å². The number of nitrogens with zero attached hydrogens (tertiary/aromatic N) is 2. The van der Waals surface area contributed by atoms with Gasteiger partial charge in [-0.3, -0.25) is 14.2 Å². The van der Waals surface area contributed by atoms with Crippen molar-refractivity contribution in [3.8, 4) is 0 Å². The van der Waals surface area contributed by atoms with Crippen molar-refractivity contribution in [1.29, 1.82) is 0 Å². The van der Waals surface area contributed by atoms with Gasteiger partial charge in [-0.25, -0.2) is 13.8 Å². The van der Waals surface area contributed by atoms with E-state index in [1.807, 2.05) is 13.8 Å². The third-order valence-electron chi connectivity index (χ3n) is 3.99. The molecule has 1 aromatic carbocycles. The number of aromatic nitrogens is 2. The number of carbonyl (C=O) groups is 1. The number of thiophene rings is 1. The molecule has 0 bridgehead atoms. The average molecular weight is 363 g/mol. The molecule has 0 saturated heterocycles. The van der Waals surface area contributed by atoms with Crippen LogP contribution in [0.2, 0.25) is 0 Å². The molecule has 0 spiro atoms. The van der Waals surface area contributed by atoms with Gasteiger partial charge in [0.2, 0.25) is 5.91 Å². The molecular formula is C17H15F2N3O2S. The molecule has 3 rings (SSSR count). The minimum absolute atomic E-state index is 0.145. The van der Waals surface area contributed by atoms with Gasteiger partial charge in [-0.05, 0) is 38.5 Å². The van der Waals surface area contributed by atoms with Crippen LogP contribution >= 0.6 is 11.3 Å². The van der Waals surface area contributed by atoms with Gasteiger partial charge in [0.05, 0.1) is 11.1 Å². The van der Waals surface area contributed by atoms with Gasteiger partial charge >= 0.3 is 0 Å². The Hall–Kier alpha value is -2.61. The molecule has 0 radical (unpaired) electrons. The summed E-state index contributed by atoms with van der Waals surface area (Å²) in [4.78, 5) is 30.9. The number of hydrogen-bond donors (Lipinski definition) is 1. The van der Waals surface area contributed by atoms with E-state index in [-0.39, 0.29) is 17.8 Å². The zero-order valence-corrected chi connectivity index (χ0v) is 14.6. The van der Waals surface area contributed by atoms with E-state index in [1.54, 1.807) is 6.92 Å². The first-order chi connectivity index (χ1) is 11.8. The number of rotatable bonds is 3. The highest BCUT2D eigenvalue weighted by atomic mass is 32.1. The van der Waals surface area contributed by atoms with E-state index in [1.165, 1.54) is 15.9 Å². The molecule has 0 fully saturated rings. The number of benzene rings is 1. The Kier molecular flexibility index (Phi) is 4.38. The molecule has 3 aromatic rings. The fourth-order valence-electron chi connectivity index (χ4n) is 2.54. The van der Waals surface area contributed by atoms with Crippen LogP contribution in [0.15, 0.2) is 23.0 Å². The zero-order chi connectivity index (χ0) is 18.3. The Bertz CT molecular complexity index is 1060. The van der Waals surface area contributed by atoms with Crippen LogP contribution < -0.4 is 10.9 Å². The molecule has 25 heavy (non-hydrogen) atoms. The summed E-state index contributed by atoms with van der Waals surface area (Å²) in [6, 6.07) is 2.85. The first-order valence-electron chi connectivity index (χ1n) is 7.50. The van der Waals surface area contributed by atoms with Crippen LogP contribution in [0.5, 0.6) is 0 Å². The minimum Gasteiger partial charge on any atom is -0.322 e. The molecule has 0 aliphatic carbocycles. The fourth-order valence-corrected chi connectivity index (χ4v) is 3.60. The normalized spacial score (nSPS) is 11.1. The maximum Gasteiger partial charge on any atom is 0.263 e. The number of nitrogens with one attached hydrogen (secondary N) is 1. The third kappa shape index (κ3) is 3.17. The van der Waals surface area contributed by atoms with Gasteiger partial charge in [0.15, 0.2) is 0 Å². The van der Waals surface area contributed by atoms with Crippen molar-refractivity contribution in [2.75, 3.05) is 5.32 Å². The quantitative estimate of drug-likeness (QED) is 0.777. The molecule has 2 heterocycles. The molecule has 0 unspecified atom stereocenters. The summed E-state index contributed by atoms with van der Waals surface area (Å²) in [5, 5.41) is 2.84. The van der Waals surface area contributed by atoms with Crippen LogP contribution in [0.25, 0.3) is 10.2 Å². The van der Waals surface area contributed by atoms with Gasteiger partial charge < -0.3 is 5.32 Å². The first kappa shape index (κ1) is 17.2. The second-order valence-electron chi connectivity index (χ2n) is 5.69. The lowest BCUT2D eigenvalue weighted by Gasteiger charge is -2.11. The highest BCUT2D eigenvalue weighted by Crippen LogP contribution is 2.26. The van der Waals surface area contributed by atoms with Crippen molar-refractivity contribution in [3.05, 3.63) is 56.5 Å². The van der Waals surface area contributed by atoms with E-state index in [0.717, 1.165) is 22.6 Å². The summed E-state index contributed by atoms with van der Waals surface area (Å²) in [7, 11) is 0. The number of halogens is 2. The summed E-state index contributed by atoms with van der Waals surface area (Å²) in [5.74, 6) is -1.81. The number of carbonyl (C=O) groups excluding carboxylic acids is 1. The fraction of sp³-hybridized carbons (Fsp3) is 0.235. The van der Waals surface area contributed by atoms with Crippen molar-refractivity contribution in [2.24, 2.45) is 0 Å². The van der Waals surface area contributed by atoms with Crippen LogP contribution in [0, 0.1) is 32.4 Å². The van der Waals surface area contributed by atoms with Crippen molar-refractivity contribution in [3.63, 3.8) is 0 Å². The zero-order valence-electron chi connectivity index (χ0n) is 13.8. The number of hydrogen-bond acceptors (Lipinski definition) is 4. The van der Waals surface area contributed by atoms with Gasteiger partial charge in [-0.15, -0.1) is 11.3 Å². The molecule has 1 N–H and O–H groups in total. The Labute approximate surface area is 145 Å². The summed E-state index contributed by atoms with van der Waals surface area (Å²) >= 11 is 1.43. The monoisotopic (exact) mass is 363 g/mol. The number of fused-ring (bicyclic) bond motifs is 1. The van der Waals surface area contributed by atoms with E-state index in [0.29, 0.717) is 22.1 Å². The molecule has 5 nitrogen and oxygen atoms in total. The maximum absolute atomic E-state index is 13.6. The standard InChI is InChI=1S/C17H15F2N3O2S/c1-8-9(2)25-16-15(8)17(24)22(10(3)20-16)7-14(23)21-13-5-4-11(18)6-12(13)19/h4-6H,7H2,1-3H3,(H,21,23). The summed E-state index contributed by atoms with van der Waals surface area (Å²) < 4.78 is 27.8. The second-order valence-corrected chi connectivity index (χ2v) is 6.89. The molecule has 130 valence electrons. The first-order valence-corrected chi connectivity index (χ1v) is 8.31. The van der Waals surface area contributed by atoms with E-state index >= 15 is 0 Å². The highest BCUT2D eigenvalue weighted by Gasteiger charge is 2.17. The molecule has 0 atom stereocenters. The average Bonchev–Trinajstić information content (AvgIpc) is 2.81. The number of aryl methyl sites for hydroxylation is 3. The van der Waals surface area contributed by atoms with E-state index < -0.39 is 17.5 Å². The van der Waals surface area contributed by atoms with E-state index in [2.05, 4.69) is 10.3 Å². The van der Waals surface area contributed by atoms with Crippen molar-refractivity contribution in [2.45, 2.75) is 27.3 Å². The largest absolute Gasteiger partial charge is 0.322 e. The molecule has 0 aliphatic heterocycles. The van der Waals surface area contributed by atoms with Gasteiger partial charge in [0, 0.05) is 10.9 Å². The Morgan fingerprint density at radius 1 is 1.28 bits per heavy atom. The van der Waals surface area contributed by atoms with Crippen LogP contribution in [-0.4, -0.2) is 15.5 Å². The molecular weight excluding hydrogens is 348 g/mol. The van der Waals surface area contributed by atoms with Crippen molar-refractivity contribution in [1.82, 2.24) is 9.55 Å². The van der Waals surface area contributed by atoms with Crippen molar-refractivity contribution < 1.29 is 13.6 Å². The predicted octanol–water partition coefficient (Wildman–Crippen LogP) is 3.30. The van der Waals surface area contributed by atoms with Gasteiger partial charge in [-0.2, -0.15) is 0 Å². The smallest absolute Gasteiger partial charge is 0.263 e. The lowest BCUT2D eigenvalue weighted by atomic mass is 10.2. The minimum atomic E-state index is -0.879. The number of anilines is 1. The van der Waals surface area contributed by atoms with Crippen LogP contribution in [-0.2, 0) is 11.3 Å². The Morgan fingerprint density at radius 2 is 2.00 bits per heavy atom. The summed E-state index contributed by atoms with van der Waals surface area (Å²) in [6.45, 7) is 5.07. The highest BCUT2D eigenvalue weighted by molar-refractivity contribution is 7.18. The van der Waals surface area contributed by atoms with E-state index in [4.69, 9.17) is 0 Å². The SMILES string of the molecule is Cc1sc2nc(C)n(CC(=O)Nc3ccc(F)cc3F)c(=O)c2c1C. The predicted molar refractivity (Wildman–Crippen MR) is 93.1 cm³/mol. The Balaban J connectivity index is 1.93. The topological polar surface area (TPSA) is 64.0 Å². The molecule has 1 amide bonds. The van der Waals surface area contributed by atoms with Crippen LogP contribution in [0.1, 0.15) is 16.3 Å². The third-order valence-corrected chi connectivity index (χ3v) is 5.09. The van der Waals surface area contributed by atoms with E-state index in [9.17, 15) is 18.4 Å². The molecule has 2 aromatic heterocycles. The lowest BCUT2D eigenvalue weighted by Crippen LogP contribution is -2.30. The number of amides is 1. The second kappa shape index (κ2) is 6.36. The van der Waals surface area contributed by atoms with Crippen LogP contribution in [0.3, 0.4) is 0 Å². The lowest BCUT2D eigenvalue weighted by molar-refractivity contribution is -0.116. The summed E-state index contributed by atoms with van der Waals surface area (Å²) in [6.07, 6.45) is 0. The molecule has 8 heteroatoms. The van der Waals surface area contributed by atoms with Crippen LogP contribution in [0.4, 0.5) is 14.5 Å². The van der Waals surface area contributed by atoms with Crippen molar-refractivity contribution >= 4 is 33.1 Å². The molecule has 0 aliphatic rings. The summed E-state index contributed by atoms with van der Waals surface area (Å²) in [5.41, 5.74) is 0.393. The van der Waals surface area contributed by atoms with Gasteiger partial charge in [0.1, 0.15) is 28.8 Å². The van der Waals surface area contributed by atoms with Gasteiger partial charge in [-0.1, -0.05) is 0 Å². The maximum atomic E-state index is 13.6.